The smallest absolute Gasteiger partial charge is 0.338 e. The summed E-state index contributed by atoms with van der Waals surface area (Å²) in [6.07, 6.45) is 1.88. The van der Waals surface area contributed by atoms with E-state index in [0.717, 1.165) is 15.2 Å². The molecule has 2 aromatic rings. The number of halogens is 1. The number of amidine groups is 1. The van der Waals surface area contributed by atoms with Crippen molar-refractivity contribution < 1.29 is 19.1 Å². The Morgan fingerprint density at radius 1 is 1.21 bits per heavy atom. The average Bonchev–Trinajstić information content (AvgIpc) is 3.26. The van der Waals surface area contributed by atoms with Gasteiger partial charge < -0.3 is 19.7 Å². The fraction of sp³-hybridized carbons (Fsp3) is 0.208. The quantitative estimate of drug-likeness (QED) is 0.496. The number of aliphatic imine (C=N–C) groups is 1. The molecular weight excluding hydrogens is 506 g/mol. The van der Waals surface area contributed by atoms with Crippen LogP contribution in [0.2, 0.25) is 0 Å². The number of nitrogens with zero attached hydrogens (tertiary/aromatic N) is 2. The zero-order valence-electron chi connectivity index (χ0n) is 18.1. The molecule has 2 heterocycles. The summed E-state index contributed by atoms with van der Waals surface area (Å²) in [5.41, 5.74) is 2.44. The normalized spacial score (nSPS) is 16.9. The van der Waals surface area contributed by atoms with E-state index >= 15 is 0 Å². The Hall–Kier alpha value is -3.04. The van der Waals surface area contributed by atoms with Crippen molar-refractivity contribution in [2.45, 2.75) is 19.9 Å². The number of amides is 1. The summed E-state index contributed by atoms with van der Waals surface area (Å²) in [5.74, 6) is -0.219. The highest BCUT2D eigenvalue weighted by Crippen LogP contribution is 2.44. The summed E-state index contributed by atoms with van der Waals surface area (Å²) in [6.45, 7) is 3.64. The summed E-state index contributed by atoms with van der Waals surface area (Å²) in [7, 11) is 0. The Morgan fingerprint density at radius 2 is 2.00 bits per heavy atom. The van der Waals surface area contributed by atoms with Crippen molar-refractivity contribution in [3.63, 3.8) is 0 Å². The van der Waals surface area contributed by atoms with Gasteiger partial charge in [0.25, 0.3) is 5.91 Å². The molecule has 2 aromatic carbocycles. The number of anilines is 1. The molecule has 170 valence electrons. The number of allylic oxidation sites excluding steroid dienone is 1. The molecule has 0 unspecified atom stereocenters. The van der Waals surface area contributed by atoms with E-state index in [1.54, 1.807) is 19.9 Å². The second-order valence-electron chi connectivity index (χ2n) is 7.21. The average molecular weight is 528 g/mol. The highest BCUT2D eigenvalue weighted by Gasteiger charge is 2.39. The second kappa shape index (κ2) is 10.3. The molecule has 2 aliphatic rings. The summed E-state index contributed by atoms with van der Waals surface area (Å²) in [6, 6.07) is 14.2. The monoisotopic (exact) mass is 527 g/mol. The van der Waals surface area contributed by atoms with E-state index in [9.17, 15) is 9.59 Å². The Bertz CT molecular complexity index is 1160. The molecule has 0 radical (unpaired) electrons. The van der Waals surface area contributed by atoms with Gasteiger partial charge in [-0.1, -0.05) is 45.9 Å². The molecule has 0 saturated heterocycles. The Morgan fingerprint density at radius 3 is 2.76 bits per heavy atom. The predicted molar refractivity (Wildman–Crippen MR) is 133 cm³/mol. The van der Waals surface area contributed by atoms with Crippen molar-refractivity contribution in [2.75, 3.05) is 18.5 Å². The first-order valence-electron chi connectivity index (χ1n) is 10.3. The number of thioether (sulfide) groups is 1. The van der Waals surface area contributed by atoms with Crippen LogP contribution in [0.15, 0.2) is 80.9 Å². The Labute approximate surface area is 204 Å². The molecule has 0 saturated carbocycles. The molecule has 4 rings (SSSR count). The Balaban J connectivity index is 1.65. The van der Waals surface area contributed by atoms with Crippen LogP contribution in [0.4, 0.5) is 5.69 Å². The lowest BCUT2D eigenvalue weighted by molar-refractivity contribution is -0.139. The van der Waals surface area contributed by atoms with Crippen LogP contribution in [-0.4, -0.2) is 35.2 Å². The van der Waals surface area contributed by atoms with E-state index in [4.69, 9.17) is 9.47 Å². The molecule has 0 spiro atoms. The highest BCUT2D eigenvalue weighted by atomic mass is 79.9. The number of fused-ring (bicyclic) bond motifs is 1. The van der Waals surface area contributed by atoms with Gasteiger partial charge in [0.2, 0.25) is 0 Å². The van der Waals surface area contributed by atoms with Crippen LogP contribution >= 0.6 is 27.7 Å². The number of hydrogen-bond donors (Lipinski definition) is 1. The van der Waals surface area contributed by atoms with Gasteiger partial charge in [-0.05, 0) is 49.6 Å². The highest BCUT2D eigenvalue weighted by molar-refractivity contribution is 9.10. The fourth-order valence-electron chi connectivity index (χ4n) is 3.60. The van der Waals surface area contributed by atoms with Gasteiger partial charge in [-0.15, -0.1) is 0 Å². The zero-order chi connectivity index (χ0) is 23.4. The minimum Gasteiger partial charge on any atom is -0.483 e. The van der Waals surface area contributed by atoms with E-state index in [-0.39, 0.29) is 19.1 Å². The SMILES string of the molecule is CCOC(=O)C1=C(C)N=C2SC=CN2[C@@H]1c1cc(Br)ccc1OCC(=O)Nc1ccccc1. The Kier molecular flexibility index (Phi) is 7.20. The minimum absolute atomic E-state index is 0.181. The first-order chi connectivity index (χ1) is 16.0. The van der Waals surface area contributed by atoms with Gasteiger partial charge in [0, 0.05) is 21.9 Å². The molecule has 1 atom stereocenters. The molecule has 1 N–H and O–H groups in total. The number of rotatable bonds is 7. The lowest BCUT2D eigenvalue weighted by Gasteiger charge is -2.34. The lowest BCUT2D eigenvalue weighted by Crippen LogP contribution is -2.34. The van der Waals surface area contributed by atoms with Crippen LogP contribution in [0.25, 0.3) is 0 Å². The fourth-order valence-corrected chi connectivity index (χ4v) is 4.77. The molecule has 0 aromatic heterocycles. The van der Waals surface area contributed by atoms with E-state index in [1.165, 1.54) is 11.8 Å². The summed E-state index contributed by atoms with van der Waals surface area (Å²) in [5, 5.41) is 5.49. The molecule has 0 fully saturated rings. The molecule has 33 heavy (non-hydrogen) atoms. The standard InChI is InChI=1S/C24H22BrN3O4S/c1-3-31-23(30)21-15(2)26-24-28(11-12-33-24)22(21)18-13-16(25)9-10-19(18)32-14-20(29)27-17-7-5-4-6-8-17/h4-13,22H,3,14H2,1-2H3,(H,27,29)/t22-/m1/s1. The van der Waals surface area contributed by atoms with E-state index < -0.39 is 12.0 Å². The van der Waals surface area contributed by atoms with Gasteiger partial charge in [-0.2, -0.15) is 0 Å². The van der Waals surface area contributed by atoms with Gasteiger partial charge in [-0.3, -0.25) is 4.79 Å². The van der Waals surface area contributed by atoms with Gasteiger partial charge in [0.15, 0.2) is 11.8 Å². The number of esters is 1. The number of benzene rings is 2. The van der Waals surface area contributed by atoms with Crippen molar-refractivity contribution in [3.05, 3.63) is 81.4 Å². The number of carbonyl (C=O) groups is 2. The number of nitrogens with one attached hydrogen (secondary N) is 1. The second-order valence-corrected chi connectivity index (χ2v) is 9.00. The number of para-hydroxylation sites is 1. The third-order valence-electron chi connectivity index (χ3n) is 5.00. The van der Waals surface area contributed by atoms with Crippen molar-refractivity contribution in [1.29, 1.82) is 0 Å². The van der Waals surface area contributed by atoms with Gasteiger partial charge in [-0.25, -0.2) is 9.79 Å². The third kappa shape index (κ3) is 5.15. The number of carbonyl (C=O) groups excluding carboxylic acids is 2. The number of ether oxygens (including phenoxy) is 2. The largest absolute Gasteiger partial charge is 0.483 e. The van der Waals surface area contributed by atoms with E-state index in [2.05, 4.69) is 26.2 Å². The maximum absolute atomic E-state index is 12.9. The first kappa shape index (κ1) is 23.1. The van der Waals surface area contributed by atoms with Crippen LogP contribution in [0.3, 0.4) is 0 Å². The maximum Gasteiger partial charge on any atom is 0.338 e. The minimum atomic E-state index is -0.507. The van der Waals surface area contributed by atoms with E-state index in [0.29, 0.717) is 22.7 Å². The van der Waals surface area contributed by atoms with Crippen molar-refractivity contribution >= 4 is 50.4 Å². The lowest BCUT2D eigenvalue weighted by atomic mass is 9.94. The van der Waals surface area contributed by atoms with Crippen LogP contribution in [0.5, 0.6) is 5.75 Å². The molecule has 0 bridgehead atoms. The van der Waals surface area contributed by atoms with E-state index in [1.807, 2.05) is 59.0 Å². The first-order valence-corrected chi connectivity index (χ1v) is 12.0. The predicted octanol–water partition coefficient (Wildman–Crippen LogP) is 5.23. The summed E-state index contributed by atoms with van der Waals surface area (Å²) >= 11 is 5.00. The molecule has 1 amide bonds. The number of hydrogen-bond acceptors (Lipinski definition) is 7. The summed E-state index contributed by atoms with van der Waals surface area (Å²) < 4.78 is 12.1. The van der Waals surface area contributed by atoms with Crippen molar-refractivity contribution in [1.82, 2.24) is 4.90 Å². The van der Waals surface area contributed by atoms with Crippen LogP contribution in [-0.2, 0) is 14.3 Å². The van der Waals surface area contributed by atoms with Crippen molar-refractivity contribution in [2.24, 2.45) is 4.99 Å². The third-order valence-corrected chi connectivity index (χ3v) is 6.26. The maximum atomic E-state index is 12.9. The summed E-state index contributed by atoms with van der Waals surface area (Å²) in [4.78, 5) is 31.9. The van der Waals surface area contributed by atoms with Crippen LogP contribution in [0.1, 0.15) is 25.5 Å². The van der Waals surface area contributed by atoms with Gasteiger partial charge >= 0.3 is 5.97 Å². The zero-order valence-corrected chi connectivity index (χ0v) is 20.5. The molecule has 0 aliphatic carbocycles. The molecular formula is C24H22BrN3O4S. The molecule has 9 heteroatoms. The topological polar surface area (TPSA) is 80.2 Å². The molecule has 2 aliphatic heterocycles. The van der Waals surface area contributed by atoms with Gasteiger partial charge in [0.1, 0.15) is 5.75 Å². The van der Waals surface area contributed by atoms with Crippen LogP contribution in [0, 0.1) is 0 Å². The van der Waals surface area contributed by atoms with Gasteiger partial charge in [0.05, 0.1) is 23.9 Å². The molecule has 7 nitrogen and oxygen atoms in total. The van der Waals surface area contributed by atoms with Crippen LogP contribution < -0.4 is 10.1 Å². The van der Waals surface area contributed by atoms with Crippen molar-refractivity contribution in [3.8, 4) is 5.75 Å².